The lowest BCUT2D eigenvalue weighted by Crippen LogP contribution is -2.34. The molecule has 0 bridgehead atoms. The molecule has 0 aliphatic carbocycles. The minimum Gasteiger partial charge on any atom is -0.320 e. The topological polar surface area (TPSA) is 32.3 Å². The number of urea groups is 1. The van der Waals surface area contributed by atoms with Gasteiger partial charge in [0.25, 0.3) is 0 Å². The van der Waals surface area contributed by atoms with Crippen LogP contribution in [-0.2, 0) is 6.54 Å². The number of carbonyl (C=O) groups is 1. The van der Waals surface area contributed by atoms with E-state index in [9.17, 15) is 9.18 Å². The average molecular weight is 313 g/mol. The Labute approximate surface area is 126 Å². The van der Waals surface area contributed by atoms with Crippen LogP contribution in [0.5, 0.6) is 0 Å². The highest BCUT2D eigenvalue weighted by Crippen LogP contribution is 2.23. The third-order valence-corrected chi connectivity index (χ3v) is 3.96. The van der Waals surface area contributed by atoms with Gasteiger partial charge in [0.05, 0.1) is 10.9 Å². The summed E-state index contributed by atoms with van der Waals surface area (Å²) in [5.41, 5.74) is 0.569. The first-order chi connectivity index (χ1) is 9.58. The van der Waals surface area contributed by atoms with Gasteiger partial charge in [-0.15, -0.1) is 11.3 Å². The Morgan fingerprint density at radius 2 is 2.00 bits per heavy atom. The number of hydrogen-bond acceptors (Lipinski definition) is 2. The van der Waals surface area contributed by atoms with Crippen molar-refractivity contribution < 1.29 is 9.18 Å². The van der Waals surface area contributed by atoms with Crippen LogP contribution in [0.1, 0.15) is 11.8 Å². The number of rotatable bonds is 4. The standard InChI is InChI=1S/C14H14ClFN2OS/c1-2-18(9-12-7-8-13(15)20-12)14(19)17-11-5-3-10(16)4-6-11/h3-8H,2,9H2,1H3,(H,17,19). The summed E-state index contributed by atoms with van der Waals surface area (Å²) in [6.07, 6.45) is 0. The molecule has 106 valence electrons. The minimum atomic E-state index is -0.330. The number of carbonyl (C=O) groups excluding carboxylic acids is 1. The predicted octanol–water partition coefficient (Wildman–Crippen LogP) is 4.59. The zero-order valence-electron chi connectivity index (χ0n) is 10.9. The van der Waals surface area contributed by atoms with Crippen LogP contribution in [-0.4, -0.2) is 17.5 Å². The van der Waals surface area contributed by atoms with Gasteiger partial charge < -0.3 is 10.2 Å². The number of thiophene rings is 1. The lowest BCUT2D eigenvalue weighted by atomic mass is 10.3. The Kier molecular flexibility index (Phi) is 4.98. The van der Waals surface area contributed by atoms with Crippen LogP contribution < -0.4 is 5.32 Å². The SMILES string of the molecule is CCN(Cc1ccc(Cl)s1)C(=O)Nc1ccc(F)cc1. The van der Waals surface area contributed by atoms with Crippen LogP contribution in [0.3, 0.4) is 0 Å². The maximum atomic E-state index is 12.8. The molecule has 6 heteroatoms. The number of amides is 2. The van der Waals surface area contributed by atoms with Crippen molar-refractivity contribution in [3.63, 3.8) is 0 Å². The smallest absolute Gasteiger partial charge is 0.320 e. The molecule has 1 N–H and O–H groups in total. The molecule has 1 aromatic heterocycles. The number of halogens is 2. The first kappa shape index (κ1) is 14.8. The number of hydrogen-bond donors (Lipinski definition) is 1. The van der Waals surface area contributed by atoms with Gasteiger partial charge in [-0.25, -0.2) is 9.18 Å². The van der Waals surface area contributed by atoms with Gasteiger partial charge in [0.1, 0.15) is 5.82 Å². The number of anilines is 1. The second-order valence-corrected chi connectivity index (χ2v) is 5.96. The number of nitrogens with one attached hydrogen (secondary N) is 1. The van der Waals surface area contributed by atoms with Crippen molar-refractivity contribution in [1.82, 2.24) is 4.90 Å². The molecule has 0 saturated heterocycles. The summed E-state index contributed by atoms with van der Waals surface area (Å²) in [6.45, 7) is 2.98. The van der Waals surface area contributed by atoms with Crippen LogP contribution in [0.25, 0.3) is 0 Å². The Balaban J connectivity index is 2.00. The minimum absolute atomic E-state index is 0.219. The van der Waals surface area contributed by atoms with Gasteiger partial charge in [-0.3, -0.25) is 0 Å². The molecule has 0 radical (unpaired) electrons. The maximum Gasteiger partial charge on any atom is 0.322 e. The molecule has 20 heavy (non-hydrogen) atoms. The summed E-state index contributed by atoms with van der Waals surface area (Å²) in [7, 11) is 0. The number of benzene rings is 1. The molecule has 2 rings (SSSR count). The summed E-state index contributed by atoms with van der Waals surface area (Å²) in [5, 5.41) is 2.74. The van der Waals surface area contributed by atoms with E-state index in [2.05, 4.69) is 5.32 Å². The second kappa shape index (κ2) is 6.72. The van der Waals surface area contributed by atoms with Crippen LogP contribution in [0.4, 0.5) is 14.9 Å². The van der Waals surface area contributed by atoms with E-state index >= 15 is 0 Å². The molecule has 2 aromatic rings. The van der Waals surface area contributed by atoms with Crippen molar-refractivity contribution >= 4 is 34.7 Å². The highest BCUT2D eigenvalue weighted by molar-refractivity contribution is 7.16. The fourth-order valence-electron chi connectivity index (χ4n) is 1.69. The monoisotopic (exact) mass is 312 g/mol. The van der Waals surface area contributed by atoms with Crippen molar-refractivity contribution in [3.05, 3.63) is 51.4 Å². The molecule has 1 heterocycles. The first-order valence-corrected chi connectivity index (χ1v) is 7.33. The van der Waals surface area contributed by atoms with Crippen molar-refractivity contribution in [3.8, 4) is 0 Å². The third kappa shape index (κ3) is 3.95. The maximum absolute atomic E-state index is 12.8. The van der Waals surface area contributed by atoms with Crippen LogP contribution in [0.15, 0.2) is 36.4 Å². The molecule has 0 aliphatic rings. The highest BCUT2D eigenvalue weighted by atomic mass is 35.5. The van der Waals surface area contributed by atoms with Crippen molar-refractivity contribution in [2.45, 2.75) is 13.5 Å². The molecule has 3 nitrogen and oxygen atoms in total. The van der Waals surface area contributed by atoms with Gasteiger partial charge in [-0.2, -0.15) is 0 Å². The van der Waals surface area contributed by atoms with Crippen molar-refractivity contribution in [2.75, 3.05) is 11.9 Å². The highest BCUT2D eigenvalue weighted by Gasteiger charge is 2.13. The molecule has 0 atom stereocenters. The van der Waals surface area contributed by atoms with E-state index in [1.807, 2.05) is 19.1 Å². The van der Waals surface area contributed by atoms with Gasteiger partial charge in [-0.05, 0) is 43.3 Å². The van der Waals surface area contributed by atoms with Gasteiger partial charge in [0.15, 0.2) is 0 Å². The van der Waals surface area contributed by atoms with Crippen LogP contribution >= 0.6 is 22.9 Å². The largest absolute Gasteiger partial charge is 0.322 e. The molecular formula is C14H14ClFN2OS. The van der Waals surface area contributed by atoms with Gasteiger partial charge >= 0.3 is 6.03 Å². The summed E-state index contributed by atoms with van der Waals surface area (Å²) in [4.78, 5) is 14.8. The Morgan fingerprint density at radius 3 is 2.55 bits per heavy atom. The predicted molar refractivity (Wildman–Crippen MR) is 80.8 cm³/mol. The normalized spacial score (nSPS) is 10.3. The second-order valence-electron chi connectivity index (χ2n) is 4.16. The van der Waals surface area contributed by atoms with E-state index in [4.69, 9.17) is 11.6 Å². The average Bonchev–Trinajstić information content (AvgIpc) is 2.84. The van der Waals surface area contributed by atoms with E-state index in [0.717, 1.165) is 4.88 Å². The molecule has 0 saturated carbocycles. The molecule has 0 aliphatic heterocycles. The van der Waals surface area contributed by atoms with E-state index in [0.29, 0.717) is 23.1 Å². The Bertz CT molecular complexity index is 585. The number of nitrogens with zero attached hydrogens (tertiary/aromatic N) is 1. The fourth-order valence-corrected chi connectivity index (χ4v) is 2.79. The van der Waals surface area contributed by atoms with Gasteiger partial charge in [-0.1, -0.05) is 11.6 Å². The summed E-state index contributed by atoms with van der Waals surface area (Å²) < 4.78 is 13.5. The molecular weight excluding hydrogens is 299 g/mol. The zero-order valence-corrected chi connectivity index (χ0v) is 12.5. The van der Waals surface area contributed by atoms with Crippen LogP contribution in [0.2, 0.25) is 4.34 Å². The van der Waals surface area contributed by atoms with Crippen molar-refractivity contribution in [2.24, 2.45) is 0 Å². The summed E-state index contributed by atoms with van der Waals surface area (Å²) in [6, 6.07) is 9.18. The Hall–Kier alpha value is -1.59. The van der Waals surface area contributed by atoms with E-state index in [-0.39, 0.29) is 11.8 Å². The quantitative estimate of drug-likeness (QED) is 0.879. The fraction of sp³-hybridized carbons (Fsp3) is 0.214. The summed E-state index contributed by atoms with van der Waals surface area (Å²) in [5.74, 6) is -0.330. The lowest BCUT2D eigenvalue weighted by Gasteiger charge is -2.20. The molecule has 0 fully saturated rings. The van der Waals surface area contributed by atoms with E-state index < -0.39 is 0 Å². The van der Waals surface area contributed by atoms with Crippen molar-refractivity contribution in [1.29, 1.82) is 0 Å². The zero-order chi connectivity index (χ0) is 14.5. The van der Waals surface area contributed by atoms with Gasteiger partial charge in [0, 0.05) is 17.1 Å². The molecule has 2 amide bonds. The lowest BCUT2D eigenvalue weighted by molar-refractivity contribution is 0.212. The van der Waals surface area contributed by atoms with Crippen LogP contribution in [0, 0.1) is 5.82 Å². The van der Waals surface area contributed by atoms with E-state index in [1.165, 1.54) is 35.6 Å². The molecule has 1 aromatic carbocycles. The van der Waals surface area contributed by atoms with Gasteiger partial charge in [0.2, 0.25) is 0 Å². The summed E-state index contributed by atoms with van der Waals surface area (Å²) >= 11 is 7.33. The molecule has 0 unspecified atom stereocenters. The van der Waals surface area contributed by atoms with E-state index in [1.54, 1.807) is 4.90 Å². The first-order valence-electron chi connectivity index (χ1n) is 6.14. The molecule has 0 spiro atoms. The third-order valence-electron chi connectivity index (χ3n) is 2.74. The Morgan fingerprint density at radius 1 is 1.30 bits per heavy atom.